The van der Waals surface area contributed by atoms with Crippen LogP contribution in [0, 0.1) is 0 Å². The fraction of sp³-hybridized carbons (Fsp3) is 0.706. The van der Waals surface area contributed by atoms with Crippen molar-refractivity contribution in [1.29, 1.82) is 0 Å². The number of imide groups is 1. The van der Waals surface area contributed by atoms with Gasteiger partial charge in [0.2, 0.25) is 11.0 Å². The van der Waals surface area contributed by atoms with Crippen LogP contribution in [0.2, 0.25) is 0 Å². The molecule has 1 aliphatic carbocycles. The Bertz CT molecular complexity index is 776. The number of urea groups is 1. The highest BCUT2D eigenvalue weighted by molar-refractivity contribution is 8.01. The van der Waals surface area contributed by atoms with Crippen LogP contribution in [0.15, 0.2) is 4.34 Å². The highest BCUT2D eigenvalue weighted by Gasteiger charge is 2.52. The molecule has 1 aromatic heterocycles. The standard InChI is InChI=1S/C17H24N6O4S2/c24-12(22-23-13(25)17(19-15(23)26)6-2-1-3-7-17)10-28-16-21-20-14(29-16)18-9-11-5-4-8-27-11/h11H,1-10H2,(H,18,20)(H,19,26)(H,22,24)/t11-/m1/s1. The van der Waals surface area contributed by atoms with E-state index in [2.05, 4.69) is 26.3 Å². The molecule has 158 valence electrons. The Hall–Kier alpha value is -1.92. The smallest absolute Gasteiger partial charge is 0.344 e. The third-order valence-electron chi connectivity index (χ3n) is 5.34. The number of thioether (sulfide) groups is 1. The minimum absolute atomic E-state index is 0.0322. The van der Waals surface area contributed by atoms with Crippen molar-refractivity contribution in [3.8, 4) is 0 Å². The van der Waals surface area contributed by atoms with E-state index in [0.717, 1.165) is 43.7 Å². The van der Waals surface area contributed by atoms with Crippen molar-refractivity contribution in [2.24, 2.45) is 0 Å². The molecule has 3 N–H and O–H groups in total. The number of hydrogen-bond acceptors (Lipinski definition) is 9. The molecule has 1 atom stereocenters. The fourth-order valence-corrected chi connectivity index (χ4v) is 5.40. The molecule has 29 heavy (non-hydrogen) atoms. The number of nitrogens with one attached hydrogen (secondary N) is 3. The van der Waals surface area contributed by atoms with Gasteiger partial charge in [-0.3, -0.25) is 15.0 Å². The highest BCUT2D eigenvalue weighted by atomic mass is 32.2. The maximum Gasteiger partial charge on any atom is 0.344 e. The maximum absolute atomic E-state index is 12.7. The number of carbonyl (C=O) groups excluding carboxylic acids is 3. The first-order valence-electron chi connectivity index (χ1n) is 9.84. The van der Waals surface area contributed by atoms with Crippen LogP contribution in [0.1, 0.15) is 44.9 Å². The molecule has 1 spiro atoms. The normalized spacial score (nSPS) is 23.4. The predicted molar refractivity (Wildman–Crippen MR) is 107 cm³/mol. The first-order valence-corrected chi connectivity index (χ1v) is 11.6. The summed E-state index contributed by atoms with van der Waals surface area (Å²) in [7, 11) is 0. The SMILES string of the molecule is O=C(CSc1nnc(NC[C@H]2CCCO2)s1)NN1C(=O)NC2(CCCCC2)C1=O. The van der Waals surface area contributed by atoms with Gasteiger partial charge in [0.15, 0.2) is 4.34 Å². The number of amides is 4. The van der Waals surface area contributed by atoms with E-state index in [9.17, 15) is 14.4 Å². The quantitative estimate of drug-likeness (QED) is 0.430. The van der Waals surface area contributed by atoms with Gasteiger partial charge in [0, 0.05) is 13.2 Å². The van der Waals surface area contributed by atoms with Crippen molar-refractivity contribution in [2.75, 3.05) is 24.2 Å². The first-order chi connectivity index (χ1) is 14.1. The van der Waals surface area contributed by atoms with Crippen LogP contribution < -0.4 is 16.1 Å². The van der Waals surface area contributed by atoms with E-state index in [0.29, 0.717) is 28.9 Å². The molecule has 12 heteroatoms. The average molecular weight is 441 g/mol. The Morgan fingerprint density at radius 2 is 2.10 bits per heavy atom. The van der Waals surface area contributed by atoms with Gasteiger partial charge in [-0.2, -0.15) is 5.01 Å². The summed E-state index contributed by atoms with van der Waals surface area (Å²) in [6, 6.07) is -0.563. The fourth-order valence-electron chi connectivity index (χ4n) is 3.85. The second kappa shape index (κ2) is 8.84. The molecule has 4 rings (SSSR count). The molecule has 0 radical (unpaired) electrons. The summed E-state index contributed by atoms with van der Waals surface area (Å²) in [5.74, 6) is -0.766. The number of ether oxygens (including phenoxy) is 1. The van der Waals surface area contributed by atoms with E-state index < -0.39 is 17.5 Å². The van der Waals surface area contributed by atoms with Gasteiger partial charge in [0.25, 0.3) is 5.91 Å². The van der Waals surface area contributed by atoms with Gasteiger partial charge in [-0.25, -0.2) is 4.79 Å². The second-order valence-electron chi connectivity index (χ2n) is 7.43. The molecule has 2 aliphatic heterocycles. The average Bonchev–Trinajstić information content (AvgIpc) is 3.44. The molecular weight excluding hydrogens is 416 g/mol. The van der Waals surface area contributed by atoms with Gasteiger partial charge in [-0.15, -0.1) is 10.2 Å². The lowest BCUT2D eigenvalue weighted by atomic mass is 9.82. The van der Waals surface area contributed by atoms with Gasteiger partial charge in [0.05, 0.1) is 11.9 Å². The third kappa shape index (κ3) is 4.64. The number of rotatable bonds is 7. The number of hydrazine groups is 1. The summed E-state index contributed by atoms with van der Waals surface area (Å²) in [5, 5.41) is 15.6. The first kappa shape index (κ1) is 20.4. The summed E-state index contributed by atoms with van der Waals surface area (Å²) in [6.07, 6.45) is 6.40. The third-order valence-corrected chi connectivity index (χ3v) is 7.36. The van der Waals surface area contributed by atoms with Crippen LogP contribution in [-0.4, -0.2) is 63.6 Å². The van der Waals surface area contributed by atoms with E-state index in [-0.39, 0.29) is 17.8 Å². The molecule has 3 fully saturated rings. The summed E-state index contributed by atoms with van der Waals surface area (Å²) < 4.78 is 6.19. The van der Waals surface area contributed by atoms with Crippen molar-refractivity contribution in [1.82, 2.24) is 25.9 Å². The van der Waals surface area contributed by atoms with Crippen LogP contribution in [0.5, 0.6) is 0 Å². The number of nitrogens with zero attached hydrogens (tertiary/aromatic N) is 3. The molecule has 1 saturated carbocycles. The zero-order chi connectivity index (χ0) is 20.3. The van der Waals surface area contributed by atoms with Crippen molar-refractivity contribution in [2.45, 2.75) is 60.9 Å². The Labute approximate surface area is 176 Å². The lowest BCUT2D eigenvalue weighted by Gasteiger charge is -2.30. The monoisotopic (exact) mass is 440 g/mol. The van der Waals surface area contributed by atoms with Crippen LogP contribution in [-0.2, 0) is 14.3 Å². The molecule has 4 amide bonds. The molecule has 3 aliphatic rings. The summed E-state index contributed by atoms with van der Waals surface area (Å²) in [6.45, 7) is 1.49. The largest absolute Gasteiger partial charge is 0.376 e. The lowest BCUT2D eigenvalue weighted by molar-refractivity contribution is -0.139. The minimum atomic E-state index is -0.849. The van der Waals surface area contributed by atoms with E-state index in [1.807, 2.05) is 0 Å². The molecule has 2 saturated heterocycles. The molecule has 10 nitrogen and oxygen atoms in total. The predicted octanol–water partition coefficient (Wildman–Crippen LogP) is 1.51. The number of anilines is 1. The Morgan fingerprint density at radius 1 is 1.28 bits per heavy atom. The highest BCUT2D eigenvalue weighted by Crippen LogP contribution is 2.33. The topological polar surface area (TPSA) is 126 Å². The van der Waals surface area contributed by atoms with Crippen molar-refractivity contribution >= 4 is 46.1 Å². The Morgan fingerprint density at radius 3 is 2.86 bits per heavy atom. The molecule has 0 unspecified atom stereocenters. The number of hydrogen-bond donors (Lipinski definition) is 3. The zero-order valence-electron chi connectivity index (χ0n) is 15.9. The number of aromatic nitrogens is 2. The maximum atomic E-state index is 12.7. The van der Waals surface area contributed by atoms with E-state index in [1.165, 1.54) is 23.1 Å². The van der Waals surface area contributed by atoms with Crippen LogP contribution in [0.4, 0.5) is 9.93 Å². The van der Waals surface area contributed by atoms with E-state index >= 15 is 0 Å². The summed E-state index contributed by atoms with van der Waals surface area (Å²) >= 11 is 2.57. The summed E-state index contributed by atoms with van der Waals surface area (Å²) in [4.78, 5) is 37.1. The van der Waals surface area contributed by atoms with Crippen molar-refractivity contribution in [3.05, 3.63) is 0 Å². The van der Waals surface area contributed by atoms with Crippen LogP contribution >= 0.6 is 23.1 Å². The van der Waals surface area contributed by atoms with Crippen molar-refractivity contribution < 1.29 is 19.1 Å². The van der Waals surface area contributed by atoms with Gasteiger partial charge >= 0.3 is 6.03 Å². The van der Waals surface area contributed by atoms with Gasteiger partial charge < -0.3 is 15.4 Å². The van der Waals surface area contributed by atoms with Crippen LogP contribution in [0.3, 0.4) is 0 Å². The lowest BCUT2D eigenvalue weighted by Crippen LogP contribution is -2.51. The van der Waals surface area contributed by atoms with Crippen LogP contribution in [0.25, 0.3) is 0 Å². The molecule has 1 aromatic rings. The molecule has 0 aromatic carbocycles. The van der Waals surface area contributed by atoms with E-state index in [4.69, 9.17) is 4.74 Å². The Kier molecular flexibility index (Phi) is 6.20. The molecule has 0 bridgehead atoms. The molecule has 3 heterocycles. The molecular formula is C17H24N6O4S2. The van der Waals surface area contributed by atoms with Gasteiger partial charge in [-0.05, 0) is 25.7 Å². The minimum Gasteiger partial charge on any atom is -0.376 e. The second-order valence-corrected chi connectivity index (χ2v) is 9.63. The zero-order valence-corrected chi connectivity index (χ0v) is 17.6. The Balaban J connectivity index is 1.24. The summed E-state index contributed by atoms with van der Waals surface area (Å²) in [5.41, 5.74) is 1.58. The van der Waals surface area contributed by atoms with E-state index in [1.54, 1.807) is 0 Å². The van der Waals surface area contributed by atoms with Crippen molar-refractivity contribution in [3.63, 3.8) is 0 Å². The van der Waals surface area contributed by atoms with Gasteiger partial charge in [-0.1, -0.05) is 42.4 Å². The number of carbonyl (C=O) groups is 3. The van der Waals surface area contributed by atoms with Gasteiger partial charge in [0.1, 0.15) is 5.54 Å².